The molecule has 100 valence electrons. The van der Waals surface area contributed by atoms with Crippen LogP contribution in [0.3, 0.4) is 0 Å². The Labute approximate surface area is 111 Å². The molecule has 1 aliphatic rings. The predicted octanol–water partition coefficient (Wildman–Crippen LogP) is 2.44. The zero-order valence-electron chi connectivity index (χ0n) is 10.6. The van der Waals surface area contributed by atoms with Crippen LogP contribution in [0.4, 0.5) is 4.39 Å². The van der Waals surface area contributed by atoms with E-state index in [0.29, 0.717) is 23.6 Å². The summed E-state index contributed by atoms with van der Waals surface area (Å²) >= 11 is 5.85. The Morgan fingerprint density at radius 3 is 2.83 bits per heavy atom. The first-order chi connectivity index (χ1) is 8.45. The first kappa shape index (κ1) is 13.6. The van der Waals surface area contributed by atoms with Crippen molar-refractivity contribution >= 4 is 11.6 Å². The van der Waals surface area contributed by atoms with Crippen molar-refractivity contribution in [1.82, 2.24) is 4.90 Å². The van der Waals surface area contributed by atoms with E-state index in [9.17, 15) is 9.50 Å². The first-order valence-electron chi connectivity index (χ1n) is 6.03. The molecule has 1 heterocycles. The zero-order chi connectivity index (χ0) is 13.4. The molecule has 0 radical (unpaired) electrons. The van der Waals surface area contributed by atoms with E-state index in [-0.39, 0.29) is 22.6 Å². The van der Waals surface area contributed by atoms with Crippen molar-refractivity contribution in [3.8, 4) is 5.75 Å². The van der Waals surface area contributed by atoms with E-state index in [4.69, 9.17) is 17.3 Å². The van der Waals surface area contributed by atoms with Gasteiger partial charge in [-0.3, -0.25) is 4.90 Å². The highest BCUT2D eigenvalue weighted by Crippen LogP contribution is 2.43. The third-order valence-electron chi connectivity index (χ3n) is 3.80. The Hall–Kier alpha value is -0.840. The van der Waals surface area contributed by atoms with E-state index in [1.807, 2.05) is 7.05 Å². The minimum absolute atomic E-state index is 0.00918. The van der Waals surface area contributed by atoms with Crippen LogP contribution in [0, 0.1) is 18.7 Å². The topological polar surface area (TPSA) is 49.5 Å². The fraction of sp³-hybridized carbons (Fsp3) is 0.538. The second-order valence-electron chi connectivity index (χ2n) is 5.02. The van der Waals surface area contributed by atoms with Crippen LogP contribution < -0.4 is 5.73 Å². The largest absolute Gasteiger partial charge is 0.506 e. The summed E-state index contributed by atoms with van der Waals surface area (Å²) in [5.41, 5.74) is 6.74. The second-order valence-corrected chi connectivity index (χ2v) is 5.43. The highest BCUT2D eigenvalue weighted by molar-refractivity contribution is 6.32. The fourth-order valence-corrected chi connectivity index (χ4v) is 2.94. The van der Waals surface area contributed by atoms with Crippen LogP contribution in [0.25, 0.3) is 0 Å². The van der Waals surface area contributed by atoms with Crippen molar-refractivity contribution < 1.29 is 9.50 Å². The molecule has 3 nitrogen and oxygen atoms in total. The smallest absolute Gasteiger partial charge is 0.139 e. The lowest BCUT2D eigenvalue weighted by molar-refractivity contribution is 0.303. The Morgan fingerprint density at radius 2 is 2.28 bits per heavy atom. The molecule has 0 aliphatic carbocycles. The summed E-state index contributed by atoms with van der Waals surface area (Å²) in [5, 5.41) is 10.2. The molecule has 5 heteroatoms. The number of nitrogens with two attached hydrogens (primary N) is 1. The lowest BCUT2D eigenvalue weighted by Crippen LogP contribution is -2.21. The van der Waals surface area contributed by atoms with Crippen LogP contribution >= 0.6 is 11.6 Å². The lowest BCUT2D eigenvalue weighted by atomic mass is 9.95. The van der Waals surface area contributed by atoms with Gasteiger partial charge >= 0.3 is 0 Å². The Bertz CT molecular complexity index is 441. The van der Waals surface area contributed by atoms with Crippen LogP contribution in [0.15, 0.2) is 6.07 Å². The van der Waals surface area contributed by atoms with Crippen LogP contribution in [0.2, 0.25) is 5.02 Å². The van der Waals surface area contributed by atoms with E-state index in [1.54, 1.807) is 6.92 Å². The molecule has 2 atom stereocenters. The molecule has 0 amide bonds. The summed E-state index contributed by atoms with van der Waals surface area (Å²) in [5.74, 6) is -0.0108. The summed E-state index contributed by atoms with van der Waals surface area (Å²) in [4.78, 5) is 2.09. The van der Waals surface area contributed by atoms with Gasteiger partial charge in [-0.2, -0.15) is 0 Å². The molecule has 0 bridgehead atoms. The van der Waals surface area contributed by atoms with Gasteiger partial charge in [0.2, 0.25) is 0 Å². The highest BCUT2D eigenvalue weighted by atomic mass is 35.5. The molecule has 1 aliphatic heterocycles. The normalized spacial score (nSPS) is 24.7. The number of halogens is 2. The molecular weight excluding hydrogens is 255 g/mol. The third kappa shape index (κ3) is 2.20. The van der Waals surface area contributed by atoms with Gasteiger partial charge in [-0.05, 0) is 44.5 Å². The number of phenols is 1. The van der Waals surface area contributed by atoms with E-state index in [0.717, 1.165) is 19.0 Å². The molecule has 0 saturated carbocycles. The Kier molecular flexibility index (Phi) is 3.80. The van der Waals surface area contributed by atoms with Crippen molar-refractivity contribution in [3.05, 3.63) is 28.0 Å². The van der Waals surface area contributed by atoms with Gasteiger partial charge in [0.25, 0.3) is 0 Å². The average molecular weight is 273 g/mol. The van der Waals surface area contributed by atoms with Crippen molar-refractivity contribution in [2.24, 2.45) is 11.7 Å². The van der Waals surface area contributed by atoms with Gasteiger partial charge in [0.1, 0.15) is 11.6 Å². The van der Waals surface area contributed by atoms with Gasteiger partial charge in [-0.1, -0.05) is 11.6 Å². The molecular formula is C13H18ClFN2O. The van der Waals surface area contributed by atoms with Gasteiger partial charge in [-0.25, -0.2) is 4.39 Å². The molecule has 1 fully saturated rings. The number of benzene rings is 1. The van der Waals surface area contributed by atoms with Crippen LogP contribution in [-0.2, 0) is 0 Å². The van der Waals surface area contributed by atoms with Gasteiger partial charge in [0.15, 0.2) is 0 Å². The quantitative estimate of drug-likeness (QED) is 0.869. The summed E-state index contributed by atoms with van der Waals surface area (Å²) in [6.45, 7) is 3.13. The number of likely N-dealkylation sites (tertiary alicyclic amines) is 1. The SMILES string of the molecule is Cc1c(F)cc(Cl)c(O)c1C1CC(CN)CN1C. The maximum absolute atomic E-state index is 13.7. The maximum Gasteiger partial charge on any atom is 0.139 e. The lowest BCUT2D eigenvalue weighted by Gasteiger charge is -2.23. The van der Waals surface area contributed by atoms with E-state index < -0.39 is 0 Å². The van der Waals surface area contributed by atoms with Crippen molar-refractivity contribution in [1.29, 1.82) is 0 Å². The number of hydrogen-bond donors (Lipinski definition) is 2. The average Bonchev–Trinajstić information content (AvgIpc) is 2.69. The Morgan fingerprint density at radius 1 is 1.61 bits per heavy atom. The number of nitrogens with zero attached hydrogens (tertiary/aromatic N) is 1. The van der Waals surface area contributed by atoms with Crippen LogP contribution in [-0.4, -0.2) is 30.1 Å². The van der Waals surface area contributed by atoms with Gasteiger partial charge < -0.3 is 10.8 Å². The number of aromatic hydroxyl groups is 1. The third-order valence-corrected chi connectivity index (χ3v) is 4.09. The van der Waals surface area contributed by atoms with Gasteiger partial charge in [-0.15, -0.1) is 0 Å². The zero-order valence-corrected chi connectivity index (χ0v) is 11.3. The molecule has 3 N–H and O–H groups in total. The molecule has 1 aromatic rings. The molecule has 1 aromatic carbocycles. The summed E-state index contributed by atoms with van der Waals surface area (Å²) in [7, 11) is 1.96. The van der Waals surface area contributed by atoms with E-state index >= 15 is 0 Å². The Balaban J connectivity index is 2.45. The highest BCUT2D eigenvalue weighted by Gasteiger charge is 2.33. The van der Waals surface area contributed by atoms with Gasteiger partial charge in [0, 0.05) is 18.2 Å². The summed E-state index contributed by atoms with van der Waals surface area (Å²) in [6.07, 6.45) is 0.821. The molecule has 0 spiro atoms. The van der Waals surface area contributed by atoms with E-state index in [1.165, 1.54) is 0 Å². The molecule has 0 aromatic heterocycles. The molecule has 2 rings (SSSR count). The number of hydrogen-bond acceptors (Lipinski definition) is 3. The number of phenolic OH excluding ortho intramolecular Hbond substituents is 1. The van der Waals surface area contributed by atoms with Crippen LogP contribution in [0.1, 0.15) is 23.6 Å². The first-order valence-corrected chi connectivity index (χ1v) is 6.41. The molecule has 18 heavy (non-hydrogen) atoms. The van der Waals surface area contributed by atoms with Gasteiger partial charge in [0.05, 0.1) is 5.02 Å². The number of rotatable bonds is 2. The summed E-state index contributed by atoms with van der Waals surface area (Å²) in [6, 6.07) is 1.14. The molecule has 1 saturated heterocycles. The minimum atomic E-state index is -0.377. The fourth-order valence-electron chi connectivity index (χ4n) is 2.74. The predicted molar refractivity (Wildman–Crippen MR) is 70.3 cm³/mol. The second kappa shape index (κ2) is 5.03. The standard InChI is InChI=1S/C13H18ClFN2O/c1-7-10(15)4-9(14)13(18)12(7)11-3-8(5-16)6-17(11)2/h4,8,11,18H,3,5-6,16H2,1-2H3. The monoisotopic (exact) mass is 272 g/mol. The van der Waals surface area contributed by atoms with Crippen molar-refractivity contribution in [2.75, 3.05) is 20.1 Å². The van der Waals surface area contributed by atoms with Crippen molar-refractivity contribution in [2.45, 2.75) is 19.4 Å². The van der Waals surface area contributed by atoms with E-state index in [2.05, 4.69) is 4.90 Å². The van der Waals surface area contributed by atoms with Crippen molar-refractivity contribution in [3.63, 3.8) is 0 Å². The minimum Gasteiger partial charge on any atom is -0.506 e. The summed E-state index contributed by atoms with van der Waals surface area (Å²) < 4.78 is 13.7. The maximum atomic E-state index is 13.7. The van der Waals surface area contributed by atoms with Crippen LogP contribution in [0.5, 0.6) is 5.75 Å². The molecule has 2 unspecified atom stereocenters.